The van der Waals surface area contributed by atoms with Crippen LogP contribution in [-0.4, -0.2) is 32.6 Å². The molecule has 4 rings (SSSR count). The van der Waals surface area contributed by atoms with E-state index in [9.17, 15) is 9.59 Å². The van der Waals surface area contributed by atoms with E-state index >= 15 is 0 Å². The van der Waals surface area contributed by atoms with Crippen LogP contribution in [0.5, 0.6) is 17.2 Å². The number of aryl methyl sites for hydroxylation is 1. The van der Waals surface area contributed by atoms with Crippen LogP contribution in [0.1, 0.15) is 18.1 Å². The lowest BCUT2D eigenvalue weighted by atomic mass is 10.0. The van der Waals surface area contributed by atoms with E-state index in [-0.39, 0.29) is 11.3 Å². The minimum absolute atomic E-state index is 0.172. The lowest BCUT2D eigenvalue weighted by Crippen LogP contribution is -2.32. The van der Waals surface area contributed by atoms with Crippen molar-refractivity contribution in [2.24, 2.45) is 0 Å². The van der Waals surface area contributed by atoms with E-state index in [1.807, 2.05) is 32.0 Å². The van der Waals surface area contributed by atoms with Crippen LogP contribution < -0.4 is 24.4 Å². The first kappa shape index (κ1) is 22.9. The van der Waals surface area contributed by atoms with E-state index in [4.69, 9.17) is 14.2 Å². The van der Waals surface area contributed by atoms with Gasteiger partial charge >= 0.3 is 0 Å². The molecule has 0 unspecified atom stereocenters. The summed E-state index contributed by atoms with van der Waals surface area (Å²) >= 11 is 0. The highest BCUT2D eigenvalue weighted by atomic mass is 16.5. The van der Waals surface area contributed by atoms with Gasteiger partial charge in [0.05, 0.1) is 32.1 Å². The molecule has 7 heteroatoms. The zero-order valence-corrected chi connectivity index (χ0v) is 19.5. The molecule has 1 heterocycles. The number of nitrogens with one attached hydrogen (secondary N) is 1. The van der Waals surface area contributed by atoms with Crippen LogP contribution in [0, 0.1) is 6.92 Å². The maximum Gasteiger partial charge on any atom is 0.282 e. The summed E-state index contributed by atoms with van der Waals surface area (Å²) in [6.07, 6.45) is 0. The molecule has 0 bridgehead atoms. The quantitative estimate of drug-likeness (QED) is 0.489. The second kappa shape index (κ2) is 9.70. The number of ether oxygens (including phenoxy) is 3. The first-order chi connectivity index (χ1) is 16.4. The number of hydrogen-bond donors (Lipinski definition) is 1. The lowest BCUT2D eigenvalue weighted by molar-refractivity contribution is -0.120. The van der Waals surface area contributed by atoms with Crippen LogP contribution in [0.4, 0.5) is 11.4 Å². The Bertz CT molecular complexity index is 1240. The molecule has 0 atom stereocenters. The highest BCUT2D eigenvalue weighted by Crippen LogP contribution is 2.36. The molecule has 0 aromatic heterocycles. The van der Waals surface area contributed by atoms with Crippen LogP contribution in [-0.2, 0) is 9.59 Å². The van der Waals surface area contributed by atoms with E-state index in [2.05, 4.69) is 5.32 Å². The van der Waals surface area contributed by atoms with Gasteiger partial charge < -0.3 is 19.5 Å². The van der Waals surface area contributed by atoms with E-state index in [0.29, 0.717) is 40.8 Å². The average molecular weight is 459 g/mol. The largest absolute Gasteiger partial charge is 0.497 e. The summed E-state index contributed by atoms with van der Waals surface area (Å²) in [7, 11) is 3.10. The van der Waals surface area contributed by atoms with Gasteiger partial charge in [0.25, 0.3) is 11.8 Å². The number of imide groups is 1. The summed E-state index contributed by atoms with van der Waals surface area (Å²) in [6.45, 7) is 4.35. The van der Waals surface area contributed by atoms with Crippen molar-refractivity contribution in [3.05, 3.63) is 83.6 Å². The van der Waals surface area contributed by atoms with Crippen LogP contribution >= 0.6 is 0 Å². The molecule has 3 aromatic rings. The molecule has 0 aliphatic carbocycles. The second-order valence-electron chi connectivity index (χ2n) is 7.72. The SMILES string of the molecule is CCOc1ccc(C2=C(Nc3cc(OC)cc(OC)c3)C(=O)N(c3cccc(C)c3)C2=O)cc1. The summed E-state index contributed by atoms with van der Waals surface area (Å²) in [5.41, 5.74) is 3.07. The third kappa shape index (κ3) is 4.45. The van der Waals surface area contributed by atoms with Gasteiger partial charge in [0.2, 0.25) is 0 Å². The number of carbonyl (C=O) groups is 2. The van der Waals surface area contributed by atoms with E-state index in [1.54, 1.807) is 62.8 Å². The van der Waals surface area contributed by atoms with Gasteiger partial charge in [0.1, 0.15) is 22.9 Å². The van der Waals surface area contributed by atoms with Crippen molar-refractivity contribution in [2.75, 3.05) is 31.0 Å². The number of hydrogen-bond acceptors (Lipinski definition) is 6. The van der Waals surface area contributed by atoms with Gasteiger partial charge in [-0.25, -0.2) is 4.90 Å². The van der Waals surface area contributed by atoms with Gasteiger partial charge in [0.15, 0.2) is 0 Å². The van der Waals surface area contributed by atoms with Crippen molar-refractivity contribution in [3.63, 3.8) is 0 Å². The van der Waals surface area contributed by atoms with Crippen molar-refractivity contribution in [1.82, 2.24) is 0 Å². The van der Waals surface area contributed by atoms with Gasteiger partial charge in [-0.2, -0.15) is 0 Å². The van der Waals surface area contributed by atoms with E-state index in [1.165, 1.54) is 4.90 Å². The monoisotopic (exact) mass is 458 g/mol. The fraction of sp³-hybridized carbons (Fsp3) is 0.185. The predicted octanol–water partition coefficient (Wildman–Crippen LogP) is 4.81. The first-order valence-corrected chi connectivity index (χ1v) is 10.9. The average Bonchev–Trinajstić information content (AvgIpc) is 3.08. The minimum atomic E-state index is -0.443. The van der Waals surface area contributed by atoms with Crippen molar-refractivity contribution < 1.29 is 23.8 Å². The summed E-state index contributed by atoms with van der Waals surface area (Å²) in [4.78, 5) is 28.4. The highest BCUT2D eigenvalue weighted by molar-refractivity contribution is 6.46. The minimum Gasteiger partial charge on any atom is -0.497 e. The molecule has 1 aliphatic heterocycles. The number of carbonyl (C=O) groups excluding carboxylic acids is 2. The molecule has 174 valence electrons. The van der Waals surface area contributed by atoms with Gasteiger partial charge in [0, 0.05) is 23.9 Å². The Balaban J connectivity index is 1.81. The zero-order chi connectivity index (χ0) is 24.2. The maximum absolute atomic E-state index is 13.6. The Labute approximate surface area is 198 Å². The molecule has 34 heavy (non-hydrogen) atoms. The Morgan fingerprint density at radius 2 is 1.50 bits per heavy atom. The van der Waals surface area contributed by atoms with E-state index < -0.39 is 11.8 Å². The number of methoxy groups -OCH3 is 2. The van der Waals surface area contributed by atoms with Crippen molar-refractivity contribution in [1.29, 1.82) is 0 Å². The van der Waals surface area contributed by atoms with Gasteiger partial charge in [-0.1, -0.05) is 24.3 Å². The molecule has 0 saturated heterocycles. The van der Waals surface area contributed by atoms with Crippen molar-refractivity contribution in [3.8, 4) is 17.2 Å². The molecular formula is C27H26N2O5. The molecule has 1 N–H and O–H groups in total. The van der Waals surface area contributed by atoms with Crippen molar-refractivity contribution in [2.45, 2.75) is 13.8 Å². The van der Waals surface area contributed by atoms with Gasteiger partial charge in [-0.3, -0.25) is 9.59 Å². The predicted molar refractivity (Wildman–Crippen MR) is 131 cm³/mol. The first-order valence-electron chi connectivity index (χ1n) is 10.9. The second-order valence-corrected chi connectivity index (χ2v) is 7.72. The third-order valence-corrected chi connectivity index (χ3v) is 5.42. The molecular weight excluding hydrogens is 432 g/mol. The number of nitrogens with zero attached hydrogens (tertiary/aromatic N) is 1. The van der Waals surface area contributed by atoms with Crippen LogP contribution in [0.25, 0.3) is 5.57 Å². The van der Waals surface area contributed by atoms with Crippen LogP contribution in [0.3, 0.4) is 0 Å². The fourth-order valence-corrected chi connectivity index (χ4v) is 3.82. The summed E-state index contributed by atoms with van der Waals surface area (Å²) < 4.78 is 16.2. The van der Waals surface area contributed by atoms with E-state index in [0.717, 1.165) is 5.56 Å². The topological polar surface area (TPSA) is 77.1 Å². The van der Waals surface area contributed by atoms with Crippen LogP contribution in [0.2, 0.25) is 0 Å². The molecule has 3 aromatic carbocycles. The number of benzene rings is 3. The normalized spacial score (nSPS) is 13.4. The molecule has 1 aliphatic rings. The van der Waals surface area contributed by atoms with Gasteiger partial charge in [-0.15, -0.1) is 0 Å². The van der Waals surface area contributed by atoms with Crippen molar-refractivity contribution >= 4 is 28.8 Å². The number of anilines is 2. The third-order valence-electron chi connectivity index (χ3n) is 5.42. The summed E-state index contributed by atoms with van der Waals surface area (Å²) in [5, 5.41) is 3.15. The molecule has 0 fully saturated rings. The lowest BCUT2D eigenvalue weighted by Gasteiger charge is -2.16. The molecule has 7 nitrogen and oxygen atoms in total. The van der Waals surface area contributed by atoms with Crippen LogP contribution in [0.15, 0.2) is 72.4 Å². The Morgan fingerprint density at radius 1 is 0.824 bits per heavy atom. The standard InChI is InChI=1S/C27H26N2O5/c1-5-34-21-11-9-18(10-12-21)24-25(28-19-14-22(32-3)16-23(15-19)33-4)27(31)29(26(24)30)20-8-6-7-17(2)13-20/h6-16,28H,5H2,1-4H3. The zero-order valence-electron chi connectivity index (χ0n) is 19.5. The maximum atomic E-state index is 13.6. The molecule has 0 spiro atoms. The molecule has 0 saturated carbocycles. The Hall–Kier alpha value is -4.26. The fourth-order valence-electron chi connectivity index (χ4n) is 3.82. The molecule has 2 amide bonds. The number of rotatable bonds is 8. The summed E-state index contributed by atoms with van der Waals surface area (Å²) in [5.74, 6) is 0.944. The smallest absolute Gasteiger partial charge is 0.282 e. The van der Waals surface area contributed by atoms with Gasteiger partial charge in [-0.05, 0) is 49.2 Å². The number of amides is 2. The summed E-state index contributed by atoms with van der Waals surface area (Å²) in [6, 6.07) is 19.6. The Kier molecular flexibility index (Phi) is 6.54. The Morgan fingerprint density at radius 3 is 2.09 bits per heavy atom. The highest BCUT2D eigenvalue weighted by Gasteiger charge is 2.40. The molecule has 0 radical (unpaired) electrons.